The SMILES string of the molecule is CC1CCN(C(=O)C(C2CCCC2)N2CCN(C(=O)c3ccc(C(F)(F)F)cc3)CC2)CC1. The summed E-state index contributed by atoms with van der Waals surface area (Å²) < 4.78 is 38.4. The van der Waals surface area contributed by atoms with Crippen LogP contribution in [0.1, 0.15) is 61.4 Å². The first-order valence-corrected chi connectivity index (χ1v) is 12.2. The van der Waals surface area contributed by atoms with E-state index in [-0.39, 0.29) is 23.4 Å². The molecule has 8 heteroatoms. The maximum absolute atomic E-state index is 13.6. The Labute approximate surface area is 193 Å². The molecule has 0 bridgehead atoms. The fourth-order valence-corrected chi connectivity index (χ4v) is 5.53. The second-order valence-electron chi connectivity index (χ2n) is 9.90. The van der Waals surface area contributed by atoms with Crippen molar-refractivity contribution in [3.05, 3.63) is 35.4 Å². The van der Waals surface area contributed by atoms with E-state index in [1.807, 2.05) is 4.90 Å². The highest BCUT2D eigenvalue weighted by Crippen LogP contribution is 2.33. The molecule has 1 aliphatic carbocycles. The topological polar surface area (TPSA) is 43.9 Å². The molecule has 1 unspecified atom stereocenters. The van der Waals surface area contributed by atoms with Crippen LogP contribution in [-0.4, -0.2) is 71.8 Å². The molecule has 1 atom stereocenters. The predicted molar refractivity (Wildman–Crippen MR) is 120 cm³/mol. The van der Waals surface area contributed by atoms with Gasteiger partial charge in [0.15, 0.2) is 0 Å². The normalized spacial score (nSPS) is 22.5. The van der Waals surface area contributed by atoms with Gasteiger partial charge < -0.3 is 9.80 Å². The Hall–Kier alpha value is -2.09. The average molecular weight is 466 g/mol. The zero-order valence-electron chi connectivity index (χ0n) is 19.3. The summed E-state index contributed by atoms with van der Waals surface area (Å²) in [6.45, 7) is 6.09. The molecular weight excluding hydrogens is 431 g/mol. The molecule has 0 spiro atoms. The molecule has 0 radical (unpaired) electrons. The van der Waals surface area contributed by atoms with Gasteiger partial charge in [-0.2, -0.15) is 13.2 Å². The maximum atomic E-state index is 13.6. The second kappa shape index (κ2) is 10.0. The highest BCUT2D eigenvalue weighted by molar-refractivity contribution is 5.94. The number of nitrogens with zero attached hydrogens (tertiary/aromatic N) is 3. The van der Waals surface area contributed by atoms with Crippen LogP contribution < -0.4 is 0 Å². The molecule has 33 heavy (non-hydrogen) atoms. The molecule has 1 aromatic rings. The van der Waals surface area contributed by atoms with Gasteiger partial charge in [-0.3, -0.25) is 14.5 Å². The van der Waals surface area contributed by atoms with Crippen LogP contribution in [0, 0.1) is 11.8 Å². The summed E-state index contributed by atoms with van der Waals surface area (Å²) >= 11 is 0. The Morgan fingerprint density at radius 2 is 1.42 bits per heavy atom. The standard InChI is InChI=1S/C25H34F3N3O2/c1-18-10-12-30(13-11-18)24(33)22(19-4-2-3-5-19)29-14-16-31(17-15-29)23(32)20-6-8-21(9-7-20)25(26,27)28/h6-9,18-19,22H,2-5,10-17H2,1H3. The summed E-state index contributed by atoms with van der Waals surface area (Å²) in [4.78, 5) is 32.4. The molecule has 182 valence electrons. The van der Waals surface area contributed by atoms with Gasteiger partial charge in [0.1, 0.15) is 0 Å². The molecule has 3 aliphatic rings. The first kappa shape index (κ1) is 24.0. The lowest BCUT2D eigenvalue weighted by Crippen LogP contribution is -2.59. The molecule has 5 nitrogen and oxygen atoms in total. The molecule has 4 rings (SSSR count). The summed E-state index contributed by atoms with van der Waals surface area (Å²) in [7, 11) is 0. The first-order chi connectivity index (χ1) is 15.7. The van der Waals surface area contributed by atoms with Crippen LogP contribution in [0.5, 0.6) is 0 Å². The van der Waals surface area contributed by atoms with Crippen LogP contribution >= 0.6 is 0 Å². The number of rotatable bonds is 4. The zero-order valence-corrected chi connectivity index (χ0v) is 19.3. The van der Waals surface area contributed by atoms with Gasteiger partial charge in [-0.15, -0.1) is 0 Å². The number of likely N-dealkylation sites (tertiary alicyclic amines) is 1. The van der Waals surface area contributed by atoms with Crippen molar-refractivity contribution in [2.45, 2.75) is 57.7 Å². The quantitative estimate of drug-likeness (QED) is 0.667. The summed E-state index contributed by atoms with van der Waals surface area (Å²) in [5.41, 5.74) is -0.490. The van der Waals surface area contributed by atoms with E-state index in [9.17, 15) is 22.8 Å². The number of halogens is 3. The molecule has 1 saturated carbocycles. The largest absolute Gasteiger partial charge is 0.416 e. The van der Waals surface area contributed by atoms with Crippen LogP contribution in [0.15, 0.2) is 24.3 Å². The smallest absolute Gasteiger partial charge is 0.341 e. The van der Waals surface area contributed by atoms with E-state index in [4.69, 9.17) is 0 Å². The van der Waals surface area contributed by atoms with Crippen molar-refractivity contribution in [1.29, 1.82) is 0 Å². The van der Waals surface area contributed by atoms with Gasteiger partial charge in [-0.25, -0.2) is 0 Å². The van der Waals surface area contributed by atoms with Gasteiger partial charge in [0.05, 0.1) is 11.6 Å². The summed E-state index contributed by atoms with van der Waals surface area (Å²) in [6, 6.07) is 4.29. The third kappa shape index (κ3) is 5.53. The van der Waals surface area contributed by atoms with Gasteiger partial charge in [0, 0.05) is 44.8 Å². The third-order valence-corrected chi connectivity index (χ3v) is 7.65. The lowest BCUT2D eigenvalue weighted by Gasteiger charge is -2.43. The van der Waals surface area contributed by atoms with Crippen LogP contribution in [-0.2, 0) is 11.0 Å². The number of carbonyl (C=O) groups is 2. The Morgan fingerprint density at radius 1 is 0.848 bits per heavy atom. The Kier molecular flexibility index (Phi) is 7.31. The van der Waals surface area contributed by atoms with Crippen molar-refractivity contribution >= 4 is 11.8 Å². The molecule has 0 N–H and O–H groups in total. The van der Waals surface area contributed by atoms with Crippen LogP contribution in [0.4, 0.5) is 13.2 Å². The number of hydrogen-bond acceptors (Lipinski definition) is 3. The monoisotopic (exact) mass is 465 g/mol. The predicted octanol–water partition coefficient (Wildman–Crippen LogP) is 4.28. The van der Waals surface area contributed by atoms with Gasteiger partial charge in [-0.1, -0.05) is 19.8 Å². The minimum atomic E-state index is -4.42. The zero-order chi connectivity index (χ0) is 23.6. The number of piperazine rings is 1. The Morgan fingerprint density at radius 3 is 1.97 bits per heavy atom. The molecule has 0 aromatic heterocycles. The van der Waals surface area contributed by atoms with Gasteiger partial charge in [0.2, 0.25) is 5.91 Å². The highest BCUT2D eigenvalue weighted by atomic mass is 19.4. The van der Waals surface area contributed by atoms with Gasteiger partial charge in [0.25, 0.3) is 5.91 Å². The number of benzene rings is 1. The number of carbonyl (C=O) groups excluding carboxylic acids is 2. The van der Waals surface area contributed by atoms with Crippen LogP contribution in [0.25, 0.3) is 0 Å². The number of hydrogen-bond donors (Lipinski definition) is 0. The number of alkyl halides is 3. The van der Waals surface area contributed by atoms with E-state index in [1.54, 1.807) is 4.90 Å². The highest BCUT2D eigenvalue weighted by Gasteiger charge is 2.40. The fourth-order valence-electron chi connectivity index (χ4n) is 5.53. The summed E-state index contributed by atoms with van der Waals surface area (Å²) in [5, 5.41) is 0. The van der Waals surface area contributed by atoms with Crippen molar-refractivity contribution in [2.75, 3.05) is 39.3 Å². The summed E-state index contributed by atoms with van der Waals surface area (Å²) in [5.74, 6) is 1.03. The first-order valence-electron chi connectivity index (χ1n) is 12.2. The second-order valence-corrected chi connectivity index (χ2v) is 9.90. The molecule has 3 fully saturated rings. The van der Waals surface area contributed by atoms with Crippen LogP contribution in [0.2, 0.25) is 0 Å². The minimum Gasteiger partial charge on any atom is -0.341 e. The van der Waals surface area contributed by atoms with E-state index in [0.29, 0.717) is 38.0 Å². The van der Waals surface area contributed by atoms with Gasteiger partial charge in [-0.05, 0) is 61.8 Å². The van der Waals surface area contributed by atoms with Gasteiger partial charge >= 0.3 is 6.18 Å². The molecule has 2 amide bonds. The van der Waals surface area contributed by atoms with E-state index in [2.05, 4.69) is 11.8 Å². The Bertz CT molecular complexity index is 820. The lowest BCUT2D eigenvalue weighted by atomic mass is 9.92. The third-order valence-electron chi connectivity index (χ3n) is 7.65. The van der Waals surface area contributed by atoms with E-state index in [1.165, 1.54) is 12.1 Å². The average Bonchev–Trinajstić information content (AvgIpc) is 3.33. The van der Waals surface area contributed by atoms with Crippen molar-refractivity contribution in [3.8, 4) is 0 Å². The lowest BCUT2D eigenvalue weighted by molar-refractivity contribution is -0.141. The molecule has 2 heterocycles. The Balaban J connectivity index is 1.39. The molecule has 2 saturated heterocycles. The van der Waals surface area contributed by atoms with E-state index < -0.39 is 11.7 Å². The van der Waals surface area contributed by atoms with Crippen molar-refractivity contribution in [3.63, 3.8) is 0 Å². The van der Waals surface area contributed by atoms with Crippen molar-refractivity contribution in [2.24, 2.45) is 11.8 Å². The van der Waals surface area contributed by atoms with E-state index in [0.717, 1.165) is 63.7 Å². The molecule has 1 aromatic carbocycles. The van der Waals surface area contributed by atoms with Crippen LogP contribution in [0.3, 0.4) is 0 Å². The van der Waals surface area contributed by atoms with Crippen molar-refractivity contribution in [1.82, 2.24) is 14.7 Å². The van der Waals surface area contributed by atoms with Crippen molar-refractivity contribution < 1.29 is 22.8 Å². The maximum Gasteiger partial charge on any atom is 0.416 e. The fraction of sp³-hybridized carbons (Fsp3) is 0.680. The molecule has 2 aliphatic heterocycles. The minimum absolute atomic E-state index is 0.121. The number of amides is 2. The molecular formula is C25H34F3N3O2. The summed E-state index contributed by atoms with van der Waals surface area (Å²) in [6.07, 6.45) is 2.17. The van der Waals surface area contributed by atoms with E-state index >= 15 is 0 Å². The number of piperidine rings is 1.